The van der Waals surface area contributed by atoms with E-state index in [1.54, 1.807) is 7.05 Å². The number of hydrogen-bond acceptors (Lipinski definition) is 6. The van der Waals surface area contributed by atoms with Crippen LogP contribution >= 0.6 is 0 Å². The van der Waals surface area contributed by atoms with Crippen LogP contribution in [0.2, 0.25) is 0 Å². The third-order valence-corrected chi connectivity index (χ3v) is 4.61. The van der Waals surface area contributed by atoms with Gasteiger partial charge in [-0.25, -0.2) is 4.98 Å². The topological polar surface area (TPSA) is 89.1 Å². The van der Waals surface area contributed by atoms with Crippen molar-refractivity contribution in [2.75, 3.05) is 13.6 Å². The van der Waals surface area contributed by atoms with Gasteiger partial charge in [0, 0.05) is 32.0 Å². The number of rotatable bonds is 6. The van der Waals surface area contributed by atoms with Gasteiger partial charge in [0.1, 0.15) is 5.82 Å². The molecule has 8 heteroatoms. The van der Waals surface area contributed by atoms with Crippen molar-refractivity contribution < 1.29 is 9.32 Å². The Kier molecular flexibility index (Phi) is 5.24. The molecule has 0 spiro atoms. The average molecular weight is 332 g/mol. The summed E-state index contributed by atoms with van der Waals surface area (Å²) in [6.07, 6.45) is 8.52. The minimum Gasteiger partial charge on any atom is -0.352 e. The van der Waals surface area contributed by atoms with Crippen molar-refractivity contribution in [2.24, 2.45) is 0 Å². The molecule has 1 aliphatic rings. The van der Waals surface area contributed by atoms with Gasteiger partial charge in [-0.3, -0.25) is 9.69 Å². The van der Waals surface area contributed by atoms with Gasteiger partial charge in [-0.15, -0.1) is 0 Å². The normalized spacial score (nSPS) is 18.7. The van der Waals surface area contributed by atoms with E-state index in [-0.39, 0.29) is 11.7 Å². The predicted octanol–water partition coefficient (Wildman–Crippen LogP) is 1.38. The molecule has 1 aliphatic heterocycles. The average Bonchev–Trinajstić information content (AvgIpc) is 3.22. The monoisotopic (exact) mass is 332 g/mol. The molecule has 0 bridgehead atoms. The lowest BCUT2D eigenvalue weighted by atomic mass is 9.99. The van der Waals surface area contributed by atoms with Crippen LogP contribution in [0, 0.1) is 6.92 Å². The van der Waals surface area contributed by atoms with Crippen LogP contribution in [0.5, 0.6) is 0 Å². The molecule has 0 aliphatic carbocycles. The van der Waals surface area contributed by atoms with Crippen LogP contribution in [0.15, 0.2) is 16.9 Å². The highest BCUT2D eigenvalue weighted by Gasteiger charge is 2.25. The van der Waals surface area contributed by atoms with Gasteiger partial charge in [0.15, 0.2) is 0 Å². The van der Waals surface area contributed by atoms with Crippen LogP contribution < -0.4 is 5.32 Å². The lowest BCUT2D eigenvalue weighted by Gasteiger charge is -2.34. The first-order valence-corrected chi connectivity index (χ1v) is 8.44. The fraction of sp³-hybridized carbons (Fsp3) is 0.625. The van der Waals surface area contributed by atoms with E-state index >= 15 is 0 Å². The molecule has 2 aromatic rings. The Morgan fingerprint density at radius 2 is 2.33 bits per heavy atom. The molecule has 24 heavy (non-hydrogen) atoms. The van der Waals surface area contributed by atoms with E-state index in [4.69, 9.17) is 4.52 Å². The third-order valence-electron chi connectivity index (χ3n) is 4.61. The molecular formula is C16H24N6O2. The minimum absolute atomic E-state index is 0.0927. The van der Waals surface area contributed by atoms with Crippen LogP contribution in [0.4, 0.5) is 0 Å². The second-order valence-corrected chi connectivity index (χ2v) is 6.17. The summed E-state index contributed by atoms with van der Waals surface area (Å²) >= 11 is 0. The molecule has 0 unspecified atom stereocenters. The second kappa shape index (κ2) is 7.57. The van der Waals surface area contributed by atoms with Crippen molar-refractivity contribution in [3.63, 3.8) is 0 Å². The van der Waals surface area contributed by atoms with Crippen molar-refractivity contribution in [3.05, 3.63) is 29.9 Å². The highest BCUT2D eigenvalue weighted by Crippen LogP contribution is 2.22. The molecule has 1 N–H and O–H groups in total. The number of amides is 1. The van der Waals surface area contributed by atoms with Gasteiger partial charge in [-0.05, 0) is 32.7 Å². The van der Waals surface area contributed by atoms with E-state index in [1.807, 2.05) is 19.3 Å². The number of aryl methyl sites for hydroxylation is 2. The molecule has 0 saturated carbocycles. The SMILES string of the molecule is CNC(=O)c1noc(CN2CCCC[C@H]2CCn2ccnc2C)n1. The Bertz CT molecular complexity index is 680. The van der Waals surface area contributed by atoms with Gasteiger partial charge in [0.2, 0.25) is 5.89 Å². The zero-order valence-corrected chi connectivity index (χ0v) is 14.2. The van der Waals surface area contributed by atoms with Gasteiger partial charge < -0.3 is 14.4 Å². The number of hydrogen-bond donors (Lipinski definition) is 1. The first kappa shape index (κ1) is 16.6. The molecule has 1 saturated heterocycles. The summed E-state index contributed by atoms with van der Waals surface area (Å²) < 4.78 is 7.41. The first-order valence-electron chi connectivity index (χ1n) is 8.44. The molecule has 8 nitrogen and oxygen atoms in total. The molecule has 3 rings (SSSR count). The van der Waals surface area contributed by atoms with Gasteiger partial charge in [-0.1, -0.05) is 11.6 Å². The summed E-state index contributed by atoms with van der Waals surface area (Å²) in [7, 11) is 1.55. The summed E-state index contributed by atoms with van der Waals surface area (Å²) in [4.78, 5) is 22.4. The first-order chi connectivity index (χ1) is 11.7. The van der Waals surface area contributed by atoms with Gasteiger partial charge in [0.25, 0.3) is 11.7 Å². The fourth-order valence-corrected chi connectivity index (χ4v) is 3.22. The van der Waals surface area contributed by atoms with E-state index in [2.05, 4.69) is 29.9 Å². The molecule has 1 amide bonds. The number of nitrogens with one attached hydrogen (secondary N) is 1. The number of carbonyl (C=O) groups excluding carboxylic acids is 1. The van der Waals surface area contributed by atoms with Crippen molar-refractivity contribution >= 4 is 5.91 Å². The van der Waals surface area contributed by atoms with Crippen molar-refractivity contribution in [3.8, 4) is 0 Å². The standard InChI is InChI=1S/C16H24N6O2/c1-12-18-7-10-21(12)9-6-13-5-3-4-8-22(13)11-14-19-15(20-24-14)16(23)17-2/h7,10,13H,3-6,8-9,11H2,1-2H3,(H,17,23)/t13-/m0/s1. The van der Waals surface area contributed by atoms with E-state index < -0.39 is 0 Å². The van der Waals surface area contributed by atoms with Crippen LogP contribution in [-0.2, 0) is 13.1 Å². The molecular weight excluding hydrogens is 308 g/mol. The second-order valence-electron chi connectivity index (χ2n) is 6.17. The van der Waals surface area contributed by atoms with Gasteiger partial charge >= 0.3 is 0 Å². The largest absolute Gasteiger partial charge is 0.352 e. The fourth-order valence-electron chi connectivity index (χ4n) is 3.22. The van der Waals surface area contributed by atoms with Crippen LogP contribution in [0.3, 0.4) is 0 Å². The molecule has 1 fully saturated rings. The number of imidazole rings is 1. The van der Waals surface area contributed by atoms with Crippen LogP contribution in [0.1, 0.15) is 48.0 Å². The maximum absolute atomic E-state index is 11.5. The van der Waals surface area contributed by atoms with Gasteiger partial charge in [0.05, 0.1) is 6.54 Å². The molecule has 3 heterocycles. The van der Waals surface area contributed by atoms with E-state index in [1.165, 1.54) is 19.3 Å². The van der Waals surface area contributed by atoms with E-state index in [0.717, 1.165) is 25.3 Å². The maximum atomic E-state index is 11.5. The highest BCUT2D eigenvalue weighted by molar-refractivity contribution is 5.89. The van der Waals surface area contributed by atoms with Crippen molar-refractivity contribution in [1.29, 1.82) is 0 Å². The summed E-state index contributed by atoms with van der Waals surface area (Å²) in [6, 6.07) is 0.482. The minimum atomic E-state index is -0.323. The number of carbonyl (C=O) groups is 1. The molecule has 2 aromatic heterocycles. The lowest BCUT2D eigenvalue weighted by molar-refractivity contribution is 0.0949. The van der Waals surface area contributed by atoms with Gasteiger partial charge in [-0.2, -0.15) is 4.98 Å². The van der Waals surface area contributed by atoms with Crippen LogP contribution in [-0.4, -0.2) is 50.1 Å². The smallest absolute Gasteiger partial charge is 0.292 e. The Morgan fingerprint density at radius 3 is 3.08 bits per heavy atom. The number of likely N-dealkylation sites (tertiary alicyclic amines) is 1. The lowest BCUT2D eigenvalue weighted by Crippen LogP contribution is -2.39. The number of nitrogens with zero attached hydrogens (tertiary/aromatic N) is 5. The maximum Gasteiger partial charge on any atom is 0.292 e. The Labute approximate surface area is 141 Å². The Hall–Kier alpha value is -2.22. The molecule has 130 valence electrons. The Balaban J connectivity index is 1.60. The quantitative estimate of drug-likeness (QED) is 0.859. The van der Waals surface area contributed by atoms with Crippen molar-refractivity contribution in [1.82, 2.24) is 29.9 Å². The number of aromatic nitrogens is 4. The summed E-state index contributed by atoms with van der Waals surface area (Å²) in [6.45, 7) is 4.60. The summed E-state index contributed by atoms with van der Waals surface area (Å²) in [5.74, 6) is 1.31. The van der Waals surface area contributed by atoms with E-state index in [0.29, 0.717) is 18.5 Å². The molecule has 0 aromatic carbocycles. The number of piperidine rings is 1. The Morgan fingerprint density at radius 1 is 1.46 bits per heavy atom. The van der Waals surface area contributed by atoms with Crippen LogP contribution in [0.25, 0.3) is 0 Å². The zero-order chi connectivity index (χ0) is 16.9. The summed E-state index contributed by atoms with van der Waals surface area (Å²) in [5, 5.41) is 6.24. The molecule has 1 atom stereocenters. The third kappa shape index (κ3) is 3.81. The predicted molar refractivity (Wildman–Crippen MR) is 87.3 cm³/mol. The highest BCUT2D eigenvalue weighted by atomic mass is 16.5. The molecule has 0 radical (unpaired) electrons. The summed E-state index contributed by atoms with van der Waals surface area (Å²) in [5.41, 5.74) is 0. The van der Waals surface area contributed by atoms with Crippen molar-refractivity contribution in [2.45, 2.75) is 51.7 Å². The van der Waals surface area contributed by atoms with E-state index in [9.17, 15) is 4.79 Å². The zero-order valence-electron chi connectivity index (χ0n) is 14.2.